The van der Waals surface area contributed by atoms with Gasteiger partial charge in [-0.1, -0.05) is 0 Å². The predicted molar refractivity (Wildman–Crippen MR) is 48.3 cm³/mol. The van der Waals surface area contributed by atoms with Gasteiger partial charge in [-0.05, 0) is 12.1 Å². The van der Waals surface area contributed by atoms with Crippen LogP contribution in [0.3, 0.4) is 0 Å². The molecule has 3 aromatic heterocycles. The van der Waals surface area contributed by atoms with Gasteiger partial charge in [0.2, 0.25) is 0 Å². The Bertz CT molecular complexity index is 570. The molecule has 0 aliphatic heterocycles. The van der Waals surface area contributed by atoms with Crippen LogP contribution in [-0.4, -0.2) is 19.4 Å². The number of fused-ring (bicyclic) bond motifs is 3. The van der Waals surface area contributed by atoms with Crippen LogP contribution in [0, 0.1) is 0 Å². The molecule has 4 heteroatoms. The van der Waals surface area contributed by atoms with Crippen LogP contribution in [0.4, 0.5) is 0 Å². The molecule has 0 saturated heterocycles. The van der Waals surface area contributed by atoms with Crippen molar-refractivity contribution < 1.29 is 0 Å². The summed E-state index contributed by atoms with van der Waals surface area (Å²) in [6.07, 6.45) is 7.11. The molecule has 0 atom stereocenters. The Kier molecular flexibility index (Phi) is 1.14. The van der Waals surface area contributed by atoms with Crippen molar-refractivity contribution in [1.82, 2.24) is 19.4 Å². The van der Waals surface area contributed by atoms with Crippen molar-refractivity contribution >= 4 is 16.8 Å². The third kappa shape index (κ3) is 0.823. The average Bonchev–Trinajstić information content (AvgIpc) is 2.65. The minimum Gasteiger partial charge on any atom is -0.295 e. The largest absolute Gasteiger partial charge is 0.295 e. The molecule has 0 aliphatic carbocycles. The van der Waals surface area contributed by atoms with Gasteiger partial charge in [0.15, 0.2) is 11.3 Å². The molecule has 0 unspecified atom stereocenters. The predicted octanol–water partition coefficient (Wildman–Crippen LogP) is 1.28. The van der Waals surface area contributed by atoms with E-state index in [1.54, 1.807) is 18.6 Å². The summed E-state index contributed by atoms with van der Waals surface area (Å²) in [6.45, 7) is 0. The van der Waals surface area contributed by atoms with Crippen molar-refractivity contribution in [3.8, 4) is 0 Å². The molecule has 62 valence electrons. The molecule has 0 fully saturated rings. The van der Waals surface area contributed by atoms with E-state index in [-0.39, 0.29) is 0 Å². The summed E-state index contributed by atoms with van der Waals surface area (Å²) < 4.78 is 1.97. The first-order valence-corrected chi connectivity index (χ1v) is 3.98. The van der Waals surface area contributed by atoms with Crippen LogP contribution < -0.4 is 0 Å². The van der Waals surface area contributed by atoms with Gasteiger partial charge in [0.1, 0.15) is 0 Å². The van der Waals surface area contributed by atoms with Crippen molar-refractivity contribution in [1.29, 1.82) is 0 Å². The molecule has 3 heterocycles. The normalized spacial score (nSPS) is 11.1. The second-order valence-corrected chi connectivity index (χ2v) is 2.76. The highest BCUT2D eigenvalue weighted by molar-refractivity contribution is 5.72. The second kappa shape index (κ2) is 2.26. The van der Waals surface area contributed by atoms with Gasteiger partial charge < -0.3 is 0 Å². The number of hydrogen-bond acceptors (Lipinski definition) is 3. The van der Waals surface area contributed by atoms with Crippen molar-refractivity contribution in [2.45, 2.75) is 0 Å². The number of aromatic nitrogens is 4. The minimum atomic E-state index is 0.744. The molecule has 0 radical (unpaired) electrons. The Hall–Kier alpha value is -1.97. The van der Waals surface area contributed by atoms with E-state index in [2.05, 4.69) is 15.0 Å². The monoisotopic (exact) mass is 170 g/mol. The highest BCUT2D eigenvalue weighted by atomic mass is 15.0. The molecule has 0 N–H and O–H groups in total. The van der Waals surface area contributed by atoms with Crippen LogP contribution in [0.25, 0.3) is 16.8 Å². The van der Waals surface area contributed by atoms with E-state index in [1.165, 1.54) is 0 Å². The number of pyridine rings is 1. The van der Waals surface area contributed by atoms with Gasteiger partial charge in [-0.15, -0.1) is 0 Å². The molecule has 0 aliphatic rings. The zero-order chi connectivity index (χ0) is 8.67. The first kappa shape index (κ1) is 6.54. The summed E-state index contributed by atoms with van der Waals surface area (Å²) in [5.41, 5.74) is 2.58. The summed E-state index contributed by atoms with van der Waals surface area (Å²) >= 11 is 0. The van der Waals surface area contributed by atoms with Gasteiger partial charge in [0, 0.05) is 18.6 Å². The van der Waals surface area contributed by atoms with Gasteiger partial charge in [-0.25, -0.2) is 15.0 Å². The zero-order valence-corrected chi connectivity index (χ0v) is 6.75. The summed E-state index contributed by atoms with van der Waals surface area (Å²) in [7, 11) is 0. The van der Waals surface area contributed by atoms with E-state index in [9.17, 15) is 0 Å². The maximum Gasteiger partial charge on any atom is 0.176 e. The maximum atomic E-state index is 4.19. The number of hydrogen-bond donors (Lipinski definition) is 0. The number of nitrogens with zero attached hydrogens (tertiary/aromatic N) is 4. The SMILES string of the molecule is c1cnc2ncc3nccn3c2c1. The summed E-state index contributed by atoms with van der Waals surface area (Å²) in [5.74, 6) is 0. The lowest BCUT2D eigenvalue weighted by atomic mass is 10.4. The highest BCUT2D eigenvalue weighted by Gasteiger charge is 1.99. The molecule has 3 aromatic rings. The van der Waals surface area contributed by atoms with Crippen molar-refractivity contribution in [2.24, 2.45) is 0 Å². The zero-order valence-electron chi connectivity index (χ0n) is 6.75. The van der Waals surface area contributed by atoms with Crippen molar-refractivity contribution in [2.75, 3.05) is 0 Å². The van der Waals surface area contributed by atoms with Gasteiger partial charge in [-0.2, -0.15) is 0 Å². The molecular weight excluding hydrogens is 164 g/mol. The summed E-state index contributed by atoms with van der Waals surface area (Å²) in [5, 5.41) is 0. The van der Waals surface area contributed by atoms with E-state index in [1.807, 2.05) is 22.7 Å². The topological polar surface area (TPSA) is 43.1 Å². The third-order valence-corrected chi connectivity index (χ3v) is 2.00. The molecule has 0 amide bonds. The Morgan fingerprint density at radius 2 is 2.08 bits per heavy atom. The Balaban J connectivity index is 2.65. The van der Waals surface area contributed by atoms with Crippen LogP contribution in [0.5, 0.6) is 0 Å². The summed E-state index contributed by atoms with van der Waals surface area (Å²) in [6, 6.07) is 3.87. The molecule has 0 aromatic carbocycles. The Labute approximate surface area is 73.9 Å². The van der Waals surface area contributed by atoms with E-state index < -0.39 is 0 Å². The Morgan fingerprint density at radius 3 is 3.08 bits per heavy atom. The van der Waals surface area contributed by atoms with Crippen LogP contribution in [0.1, 0.15) is 0 Å². The van der Waals surface area contributed by atoms with Gasteiger partial charge in [-0.3, -0.25) is 4.40 Å². The first-order valence-electron chi connectivity index (χ1n) is 3.98. The van der Waals surface area contributed by atoms with E-state index in [0.29, 0.717) is 0 Å². The molecule has 0 bridgehead atoms. The van der Waals surface area contributed by atoms with Crippen LogP contribution in [-0.2, 0) is 0 Å². The molecule has 0 saturated carbocycles. The lowest BCUT2D eigenvalue weighted by molar-refractivity contribution is 1.17. The van der Waals surface area contributed by atoms with E-state index in [4.69, 9.17) is 0 Å². The Morgan fingerprint density at radius 1 is 1.08 bits per heavy atom. The smallest absolute Gasteiger partial charge is 0.176 e. The fourth-order valence-corrected chi connectivity index (χ4v) is 1.41. The first-order chi connectivity index (χ1) is 6.45. The fraction of sp³-hybridized carbons (Fsp3) is 0. The van der Waals surface area contributed by atoms with E-state index >= 15 is 0 Å². The third-order valence-electron chi connectivity index (χ3n) is 2.00. The molecule has 3 rings (SSSR count). The van der Waals surface area contributed by atoms with Crippen molar-refractivity contribution in [3.05, 3.63) is 36.9 Å². The van der Waals surface area contributed by atoms with Crippen molar-refractivity contribution in [3.63, 3.8) is 0 Å². The van der Waals surface area contributed by atoms with Gasteiger partial charge >= 0.3 is 0 Å². The minimum absolute atomic E-state index is 0.744. The van der Waals surface area contributed by atoms with Gasteiger partial charge in [0.05, 0.1) is 11.7 Å². The van der Waals surface area contributed by atoms with Crippen LogP contribution in [0.2, 0.25) is 0 Å². The fourth-order valence-electron chi connectivity index (χ4n) is 1.41. The van der Waals surface area contributed by atoms with Gasteiger partial charge in [0.25, 0.3) is 0 Å². The molecule has 0 spiro atoms. The highest BCUT2D eigenvalue weighted by Crippen LogP contribution is 2.09. The molecular formula is C9H6N4. The average molecular weight is 170 g/mol. The number of imidazole rings is 1. The quantitative estimate of drug-likeness (QED) is 0.510. The lowest BCUT2D eigenvalue weighted by Gasteiger charge is -1.98. The van der Waals surface area contributed by atoms with Crippen LogP contribution >= 0.6 is 0 Å². The lowest BCUT2D eigenvalue weighted by Crippen LogP contribution is -1.91. The maximum absolute atomic E-state index is 4.19. The molecule has 13 heavy (non-hydrogen) atoms. The summed E-state index contributed by atoms with van der Waals surface area (Å²) in [4.78, 5) is 12.5. The van der Waals surface area contributed by atoms with E-state index in [0.717, 1.165) is 16.8 Å². The van der Waals surface area contributed by atoms with Crippen LogP contribution in [0.15, 0.2) is 36.9 Å². The number of rotatable bonds is 0. The standard InChI is InChI=1S/C9H6N4/c1-2-7-9(11-3-1)12-6-8-10-4-5-13(7)8/h1-6H. The molecule has 4 nitrogen and oxygen atoms in total. The second-order valence-electron chi connectivity index (χ2n) is 2.76.